The van der Waals surface area contributed by atoms with Gasteiger partial charge in [0, 0.05) is 11.5 Å². The Balaban J connectivity index is 0. The first-order valence-electron chi connectivity index (χ1n) is 13.3. The number of methoxy groups -OCH3 is 1. The van der Waals surface area contributed by atoms with Crippen molar-refractivity contribution in [3.05, 3.63) is 10.4 Å². The van der Waals surface area contributed by atoms with E-state index in [-0.39, 0.29) is 26.2 Å². The number of ether oxygens (including phenoxy) is 2. The molecule has 0 bridgehead atoms. The van der Waals surface area contributed by atoms with Crippen LogP contribution in [0.2, 0.25) is 0 Å². The first-order chi connectivity index (χ1) is 20.9. The Morgan fingerprint density at radius 1 is 0.957 bits per heavy atom. The van der Waals surface area contributed by atoms with Gasteiger partial charge in [-0.05, 0) is 59.9 Å². The van der Waals surface area contributed by atoms with Crippen LogP contribution < -0.4 is 27.0 Å². The van der Waals surface area contributed by atoms with Gasteiger partial charge in [0.1, 0.15) is 29.3 Å². The molecule has 46 heavy (non-hydrogen) atoms. The molecule has 0 unspecified atom stereocenters. The third-order valence-corrected chi connectivity index (χ3v) is 5.64. The minimum absolute atomic E-state index is 0.137. The Kier molecular flexibility index (Phi) is 18.0. The fourth-order valence-electron chi connectivity index (χ4n) is 2.97. The number of terminal acetylenes is 1. The van der Waals surface area contributed by atoms with E-state index in [1.54, 1.807) is 0 Å². The van der Waals surface area contributed by atoms with E-state index in [0.29, 0.717) is 6.42 Å². The summed E-state index contributed by atoms with van der Waals surface area (Å²) in [4.78, 5) is 74.9. The molecular weight excluding hydrogens is 625 g/mol. The monoisotopic (exact) mass is 666 g/mol. The zero-order valence-corrected chi connectivity index (χ0v) is 26.5. The van der Waals surface area contributed by atoms with Crippen LogP contribution in [0.5, 0.6) is 0 Å². The van der Waals surface area contributed by atoms with Crippen LogP contribution in [-0.2, 0) is 38.2 Å². The summed E-state index contributed by atoms with van der Waals surface area (Å²) in [6.45, 7) is 8.22. The molecule has 2 atom stereocenters. The number of carboxylic acids is 1. The molecular formula is C26H41F3N8O9. The largest absolute Gasteiger partial charge is 0.490 e. The second-order valence-corrected chi connectivity index (χ2v) is 11.1. The zero-order chi connectivity index (χ0) is 36.5. The summed E-state index contributed by atoms with van der Waals surface area (Å²) in [5.74, 6) is -4.03. The third kappa shape index (κ3) is 16.5. The van der Waals surface area contributed by atoms with Crippen molar-refractivity contribution in [2.75, 3.05) is 26.9 Å². The Labute approximate surface area is 263 Å². The van der Waals surface area contributed by atoms with Gasteiger partial charge in [-0.2, -0.15) is 13.2 Å². The molecule has 0 aliphatic carbocycles. The van der Waals surface area contributed by atoms with E-state index >= 15 is 0 Å². The normalized spacial score (nSPS) is 12.7. The molecule has 0 saturated heterocycles. The average molecular weight is 667 g/mol. The average Bonchev–Trinajstić information content (AvgIpc) is 2.93. The molecule has 7 N–H and O–H groups in total. The van der Waals surface area contributed by atoms with Crippen LogP contribution in [-0.4, -0.2) is 102 Å². The standard InChI is InChI=1S/C24H40N8O7.C2HF3O2/c1-9-13-39-14-16(18(34)30-24(6,7)21(37)38-8)28-19(35)22(2,3)31-20(36)23(4,5)29-17(33)15(25)11-10-12-27-32-26;3-2(4,5)1(6)7/h1,15-16H,10-14,25H2,2-8H3,(H,28,35)(H,29,33)(H,30,34)(H,31,36);(H,6,7)/t15-,16-;/m0./s1. The van der Waals surface area contributed by atoms with Gasteiger partial charge >= 0.3 is 18.1 Å². The summed E-state index contributed by atoms with van der Waals surface area (Å²) in [6, 6.07) is -2.22. The van der Waals surface area contributed by atoms with E-state index in [1.165, 1.54) is 48.7 Å². The second-order valence-electron chi connectivity index (χ2n) is 11.1. The molecule has 0 aromatic heterocycles. The summed E-state index contributed by atoms with van der Waals surface area (Å²) in [5.41, 5.74) is 9.74. The van der Waals surface area contributed by atoms with E-state index in [2.05, 4.69) is 42.0 Å². The lowest BCUT2D eigenvalue weighted by Gasteiger charge is -2.33. The summed E-state index contributed by atoms with van der Waals surface area (Å²) in [5, 5.41) is 20.6. The van der Waals surface area contributed by atoms with Crippen molar-refractivity contribution in [3.63, 3.8) is 0 Å². The van der Waals surface area contributed by atoms with Crippen molar-refractivity contribution in [1.82, 2.24) is 21.3 Å². The SMILES string of the molecule is C#CCOC[C@H](NC(=O)C(C)(C)NC(=O)C(C)(C)NC(=O)[C@@H](N)CCCN=[N+]=[N-])C(=O)NC(C)(C)C(=O)OC.O=C(O)C(F)(F)F. The topological polar surface area (TPSA) is 264 Å². The van der Waals surface area contributed by atoms with Gasteiger partial charge in [0.15, 0.2) is 0 Å². The van der Waals surface area contributed by atoms with Crippen molar-refractivity contribution >= 4 is 35.6 Å². The number of carboxylic acid groups (broad SMARTS) is 1. The number of nitrogens with zero attached hydrogens (tertiary/aromatic N) is 3. The molecule has 0 spiro atoms. The van der Waals surface area contributed by atoms with Crippen LogP contribution in [0.15, 0.2) is 5.11 Å². The predicted molar refractivity (Wildman–Crippen MR) is 155 cm³/mol. The number of carbonyl (C=O) groups is 6. The minimum atomic E-state index is -5.08. The quantitative estimate of drug-likeness (QED) is 0.0321. The van der Waals surface area contributed by atoms with Gasteiger partial charge < -0.3 is 41.6 Å². The Bertz CT molecular complexity index is 1190. The molecule has 0 heterocycles. The van der Waals surface area contributed by atoms with Crippen molar-refractivity contribution in [2.24, 2.45) is 10.8 Å². The molecule has 17 nitrogen and oxygen atoms in total. The van der Waals surface area contributed by atoms with E-state index < -0.39 is 70.4 Å². The molecule has 0 rings (SSSR count). The Hall–Kier alpha value is -4.60. The molecule has 4 amide bonds. The first kappa shape index (κ1) is 43.5. The lowest BCUT2D eigenvalue weighted by Crippen LogP contribution is -2.66. The van der Waals surface area contributed by atoms with Gasteiger partial charge in [-0.1, -0.05) is 11.0 Å². The van der Waals surface area contributed by atoms with Gasteiger partial charge in [-0.25, -0.2) is 9.59 Å². The molecule has 0 saturated carbocycles. The molecule has 0 aliphatic heterocycles. The van der Waals surface area contributed by atoms with Crippen LogP contribution in [0, 0.1) is 12.3 Å². The van der Waals surface area contributed by atoms with E-state index in [4.69, 9.17) is 32.3 Å². The number of nitrogens with one attached hydrogen (secondary N) is 4. The number of carbonyl (C=O) groups excluding carboxylic acids is 5. The molecule has 0 radical (unpaired) electrons. The highest BCUT2D eigenvalue weighted by Crippen LogP contribution is 2.13. The van der Waals surface area contributed by atoms with E-state index in [9.17, 15) is 37.1 Å². The third-order valence-electron chi connectivity index (χ3n) is 5.64. The van der Waals surface area contributed by atoms with Crippen LogP contribution in [0.1, 0.15) is 54.4 Å². The number of amides is 4. The number of esters is 1. The number of azide groups is 1. The highest BCUT2D eigenvalue weighted by Gasteiger charge is 2.40. The second kappa shape index (κ2) is 19.0. The van der Waals surface area contributed by atoms with Crippen LogP contribution >= 0.6 is 0 Å². The van der Waals surface area contributed by atoms with Crippen molar-refractivity contribution in [2.45, 2.75) is 89.3 Å². The van der Waals surface area contributed by atoms with Crippen LogP contribution in [0.4, 0.5) is 13.2 Å². The highest BCUT2D eigenvalue weighted by atomic mass is 19.4. The maximum Gasteiger partial charge on any atom is 0.490 e. The summed E-state index contributed by atoms with van der Waals surface area (Å²) in [7, 11) is 1.17. The van der Waals surface area contributed by atoms with Gasteiger partial charge in [-0.3, -0.25) is 19.2 Å². The van der Waals surface area contributed by atoms with Crippen LogP contribution in [0.3, 0.4) is 0 Å². The number of alkyl halides is 3. The van der Waals surface area contributed by atoms with Gasteiger partial charge in [0.25, 0.3) is 0 Å². The molecule has 0 aromatic rings. The molecule has 260 valence electrons. The smallest absolute Gasteiger partial charge is 0.475 e. The number of rotatable bonds is 16. The Morgan fingerprint density at radius 3 is 1.91 bits per heavy atom. The van der Waals surface area contributed by atoms with Gasteiger partial charge in [0.05, 0.1) is 19.8 Å². The number of hydrogen-bond acceptors (Lipinski definition) is 10. The van der Waals surface area contributed by atoms with Crippen molar-refractivity contribution in [3.8, 4) is 12.3 Å². The number of aliphatic carboxylic acids is 1. The summed E-state index contributed by atoms with van der Waals surface area (Å²) >= 11 is 0. The maximum atomic E-state index is 13.1. The van der Waals surface area contributed by atoms with Crippen molar-refractivity contribution in [1.29, 1.82) is 0 Å². The lowest BCUT2D eigenvalue weighted by molar-refractivity contribution is -0.192. The van der Waals surface area contributed by atoms with E-state index in [1.807, 2.05) is 0 Å². The van der Waals surface area contributed by atoms with Gasteiger partial charge in [-0.15, -0.1) is 6.42 Å². The number of halogens is 3. The van der Waals surface area contributed by atoms with Crippen molar-refractivity contribution < 1.29 is 56.5 Å². The molecule has 0 fully saturated rings. The summed E-state index contributed by atoms with van der Waals surface area (Å²) in [6.07, 6.45) is 0.710. The van der Waals surface area contributed by atoms with E-state index in [0.717, 1.165) is 0 Å². The fraction of sp³-hybridized carbons (Fsp3) is 0.692. The van der Waals surface area contributed by atoms with Gasteiger partial charge in [0.2, 0.25) is 23.6 Å². The molecule has 20 heteroatoms. The number of nitrogens with two attached hydrogens (primary N) is 1. The molecule has 0 aromatic carbocycles. The minimum Gasteiger partial charge on any atom is -0.475 e. The fourth-order valence-corrected chi connectivity index (χ4v) is 2.97. The maximum absolute atomic E-state index is 13.1. The first-order valence-corrected chi connectivity index (χ1v) is 13.3. The highest BCUT2D eigenvalue weighted by molar-refractivity contribution is 5.98. The summed E-state index contributed by atoms with van der Waals surface area (Å²) < 4.78 is 41.6. The number of hydrogen-bond donors (Lipinski definition) is 6. The predicted octanol–water partition coefficient (Wildman–Crippen LogP) is 0.0295. The molecule has 0 aliphatic rings. The zero-order valence-electron chi connectivity index (χ0n) is 26.5. The lowest BCUT2D eigenvalue weighted by atomic mass is 9.97. The Morgan fingerprint density at radius 2 is 1.46 bits per heavy atom. The van der Waals surface area contributed by atoms with Crippen LogP contribution in [0.25, 0.3) is 10.4 Å².